The predicted molar refractivity (Wildman–Crippen MR) is 77.4 cm³/mol. The fourth-order valence-corrected chi connectivity index (χ4v) is 2.86. The zero-order valence-corrected chi connectivity index (χ0v) is 12.3. The number of aromatic nitrogens is 1. The second-order valence-electron chi connectivity index (χ2n) is 5.68. The highest BCUT2D eigenvalue weighted by Gasteiger charge is 2.29. The van der Waals surface area contributed by atoms with Gasteiger partial charge in [-0.2, -0.15) is 0 Å². The molecule has 6 nitrogen and oxygen atoms in total. The Balaban J connectivity index is 2.09. The van der Waals surface area contributed by atoms with Crippen LogP contribution in [0.5, 0.6) is 0 Å². The molecule has 0 radical (unpaired) electrons. The largest absolute Gasteiger partial charge is 0.481 e. The van der Waals surface area contributed by atoms with E-state index < -0.39 is 5.97 Å². The maximum Gasteiger partial charge on any atom is 0.303 e. The summed E-state index contributed by atoms with van der Waals surface area (Å²) in [5.74, 6) is -0.868. The molecule has 1 fully saturated rings. The van der Waals surface area contributed by atoms with Gasteiger partial charge in [0.2, 0.25) is 0 Å². The third-order valence-corrected chi connectivity index (χ3v) is 3.92. The van der Waals surface area contributed by atoms with Crippen molar-refractivity contribution in [2.24, 2.45) is 5.92 Å². The molecule has 0 aromatic carbocycles. The van der Waals surface area contributed by atoms with Crippen LogP contribution in [-0.4, -0.2) is 40.0 Å². The minimum Gasteiger partial charge on any atom is -0.481 e. The zero-order valence-electron chi connectivity index (χ0n) is 12.3. The Morgan fingerprint density at radius 2 is 2.14 bits per heavy atom. The lowest BCUT2D eigenvalue weighted by atomic mass is 10.0. The monoisotopic (exact) mass is 292 g/mol. The fraction of sp³-hybridized carbons (Fsp3) is 0.533. The van der Waals surface area contributed by atoms with Gasteiger partial charge in [-0.1, -0.05) is 0 Å². The number of carboxylic acids is 1. The Kier molecular flexibility index (Phi) is 4.45. The molecule has 21 heavy (non-hydrogen) atoms. The van der Waals surface area contributed by atoms with Gasteiger partial charge in [-0.05, 0) is 44.2 Å². The van der Waals surface area contributed by atoms with Gasteiger partial charge in [0, 0.05) is 25.2 Å². The maximum absolute atomic E-state index is 12.5. The lowest BCUT2D eigenvalue weighted by molar-refractivity contribution is -0.137. The van der Waals surface area contributed by atoms with Crippen LogP contribution in [0.25, 0.3) is 0 Å². The molecule has 1 unspecified atom stereocenters. The van der Waals surface area contributed by atoms with Crippen molar-refractivity contribution in [2.75, 3.05) is 13.1 Å². The van der Waals surface area contributed by atoms with Crippen LogP contribution in [-0.2, 0) is 4.79 Å². The van der Waals surface area contributed by atoms with Crippen molar-refractivity contribution in [3.8, 4) is 0 Å². The number of H-pyrrole nitrogens is 1. The average molecular weight is 292 g/mol. The number of pyridine rings is 1. The molecule has 0 spiro atoms. The molecule has 0 aliphatic carbocycles. The normalized spacial score (nSPS) is 18.0. The van der Waals surface area contributed by atoms with Crippen LogP contribution in [0, 0.1) is 19.8 Å². The van der Waals surface area contributed by atoms with Crippen molar-refractivity contribution in [3.63, 3.8) is 0 Å². The molecular weight excluding hydrogens is 272 g/mol. The van der Waals surface area contributed by atoms with E-state index in [0.717, 1.165) is 12.1 Å². The Bertz CT molecular complexity index is 621. The fourth-order valence-electron chi connectivity index (χ4n) is 2.86. The number of nitrogens with one attached hydrogen (secondary N) is 1. The number of aryl methyl sites for hydroxylation is 2. The summed E-state index contributed by atoms with van der Waals surface area (Å²) < 4.78 is 0. The van der Waals surface area contributed by atoms with Gasteiger partial charge in [-0.3, -0.25) is 14.4 Å². The van der Waals surface area contributed by atoms with E-state index in [1.165, 1.54) is 0 Å². The number of hydrogen-bond acceptors (Lipinski definition) is 3. The van der Waals surface area contributed by atoms with E-state index in [2.05, 4.69) is 4.98 Å². The van der Waals surface area contributed by atoms with E-state index in [0.29, 0.717) is 25.1 Å². The molecule has 1 amide bonds. The van der Waals surface area contributed by atoms with E-state index in [-0.39, 0.29) is 29.4 Å². The molecular formula is C15H20N2O4. The standard InChI is InChI=1S/C15H20N2O4/c1-9-7-10(2)16-14(20)13(9)15(21)17-6-5-11(8-17)3-4-12(18)19/h7,11H,3-6,8H2,1-2H3,(H,16,20)(H,18,19). The molecule has 1 aromatic rings. The Labute approximate surface area is 122 Å². The number of nitrogens with zero attached hydrogens (tertiary/aromatic N) is 1. The third-order valence-electron chi connectivity index (χ3n) is 3.92. The van der Waals surface area contributed by atoms with Gasteiger partial charge in [0.1, 0.15) is 5.56 Å². The SMILES string of the molecule is Cc1cc(C)c(C(=O)N2CCC(CCC(=O)O)C2)c(=O)[nH]1. The minimum atomic E-state index is -0.814. The number of rotatable bonds is 4. The highest BCUT2D eigenvalue weighted by Crippen LogP contribution is 2.22. The first-order chi connectivity index (χ1) is 9.88. The number of likely N-dealkylation sites (tertiary alicyclic amines) is 1. The Hall–Kier alpha value is -2.11. The van der Waals surface area contributed by atoms with E-state index in [9.17, 15) is 14.4 Å². The number of carbonyl (C=O) groups excluding carboxylic acids is 1. The van der Waals surface area contributed by atoms with Gasteiger partial charge < -0.3 is 15.0 Å². The highest BCUT2D eigenvalue weighted by atomic mass is 16.4. The smallest absolute Gasteiger partial charge is 0.303 e. The second-order valence-corrected chi connectivity index (χ2v) is 5.68. The van der Waals surface area contributed by atoms with Crippen molar-refractivity contribution >= 4 is 11.9 Å². The first-order valence-electron chi connectivity index (χ1n) is 7.10. The van der Waals surface area contributed by atoms with Crippen LogP contribution in [0.4, 0.5) is 0 Å². The third kappa shape index (κ3) is 3.51. The number of aromatic amines is 1. The topological polar surface area (TPSA) is 90.5 Å². The minimum absolute atomic E-state index is 0.122. The van der Waals surface area contributed by atoms with Gasteiger partial charge in [-0.25, -0.2) is 0 Å². The van der Waals surface area contributed by atoms with Gasteiger partial charge in [0.15, 0.2) is 0 Å². The molecule has 1 aliphatic heterocycles. The summed E-state index contributed by atoms with van der Waals surface area (Å²) in [6.45, 7) is 4.64. The number of aliphatic carboxylic acids is 1. The van der Waals surface area contributed by atoms with E-state index in [1.807, 2.05) is 0 Å². The molecule has 0 bridgehead atoms. The molecule has 1 saturated heterocycles. The first kappa shape index (κ1) is 15.3. The van der Waals surface area contributed by atoms with E-state index >= 15 is 0 Å². The molecule has 0 saturated carbocycles. The van der Waals surface area contributed by atoms with Crippen molar-refractivity contribution in [1.29, 1.82) is 0 Å². The zero-order chi connectivity index (χ0) is 15.6. The number of amides is 1. The maximum atomic E-state index is 12.5. The van der Waals surface area contributed by atoms with Crippen LogP contribution in [0.3, 0.4) is 0 Å². The molecule has 1 atom stereocenters. The Morgan fingerprint density at radius 3 is 2.76 bits per heavy atom. The quantitative estimate of drug-likeness (QED) is 0.875. The molecule has 2 heterocycles. The summed E-state index contributed by atoms with van der Waals surface area (Å²) >= 11 is 0. The molecule has 2 rings (SSSR count). The van der Waals surface area contributed by atoms with Crippen LogP contribution in [0.15, 0.2) is 10.9 Å². The van der Waals surface area contributed by atoms with Crippen molar-refractivity contribution in [1.82, 2.24) is 9.88 Å². The second kappa shape index (κ2) is 6.11. The van der Waals surface area contributed by atoms with Crippen LogP contribution >= 0.6 is 0 Å². The van der Waals surface area contributed by atoms with Crippen molar-refractivity contribution in [3.05, 3.63) is 33.2 Å². The summed E-state index contributed by atoms with van der Waals surface area (Å²) in [6.07, 6.45) is 1.49. The van der Waals surface area contributed by atoms with Crippen LogP contribution < -0.4 is 5.56 Å². The van der Waals surface area contributed by atoms with Crippen molar-refractivity contribution < 1.29 is 14.7 Å². The Morgan fingerprint density at radius 1 is 1.43 bits per heavy atom. The molecule has 1 aromatic heterocycles. The number of hydrogen-bond donors (Lipinski definition) is 2. The van der Waals surface area contributed by atoms with E-state index in [1.54, 1.807) is 24.8 Å². The summed E-state index contributed by atoms with van der Waals surface area (Å²) in [6, 6.07) is 1.78. The molecule has 2 N–H and O–H groups in total. The molecule has 6 heteroatoms. The van der Waals surface area contributed by atoms with E-state index in [4.69, 9.17) is 5.11 Å². The summed E-state index contributed by atoms with van der Waals surface area (Å²) in [5, 5.41) is 8.70. The summed E-state index contributed by atoms with van der Waals surface area (Å²) in [4.78, 5) is 39.3. The number of carbonyl (C=O) groups is 2. The lowest BCUT2D eigenvalue weighted by Gasteiger charge is -2.17. The molecule has 1 aliphatic rings. The van der Waals surface area contributed by atoms with Crippen LogP contribution in [0.2, 0.25) is 0 Å². The lowest BCUT2D eigenvalue weighted by Crippen LogP contribution is -2.34. The summed E-state index contributed by atoms with van der Waals surface area (Å²) in [5.41, 5.74) is 1.25. The first-order valence-corrected chi connectivity index (χ1v) is 7.10. The van der Waals surface area contributed by atoms with Crippen LogP contribution in [0.1, 0.15) is 40.9 Å². The van der Waals surface area contributed by atoms with Gasteiger partial charge in [0.05, 0.1) is 0 Å². The predicted octanol–water partition coefficient (Wildman–Crippen LogP) is 1.32. The van der Waals surface area contributed by atoms with Gasteiger partial charge in [-0.15, -0.1) is 0 Å². The molecule has 114 valence electrons. The van der Waals surface area contributed by atoms with Gasteiger partial charge in [0.25, 0.3) is 11.5 Å². The highest BCUT2D eigenvalue weighted by molar-refractivity contribution is 5.95. The average Bonchev–Trinajstić information content (AvgIpc) is 2.83. The summed E-state index contributed by atoms with van der Waals surface area (Å²) in [7, 11) is 0. The van der Waals surface area contributed by atoms with Crippen molar-refractivity contribution in [2.45, 2.75) is 33.1 Å². The van der Waals surface area contributed by atoms with Gasteiger partial charge >= 0.3 is 5.97 Å². The number of carboxylic acid groups (broad SMARTS) is 1.